The highest BCUT2D eigenvalue weighted by molar-refractivity contribution is 6.03. The number of nitrogens with one attached hydrogen (secondary N) is 1. The molecule has 2 aromatic heterocycles. The zero-order valence-electron chi connectivity index (χ0n) is 12.8. The van der Waals surface area contributed by atoms with Crippen LogP contribution in [-0.4, -0.2) is 31.7 Å². The molecule has 7 heteroatoms. The number of rotatable bonds is 4. The van der Waals surface area contributed by atoms with E-state index < -0.39 is 5.97 Å². The van der Waals surface area contributed by atoms with Crippen molar-refractivity contribution in [3.8, 4) is 11.3 Å². The maximum atomic E-state index is 12.4. The zero-order chi connectivity index (χ0) is 17.1. The number of carbonyl (C=O) groups is 2. The van der Waals surface area contributed by atoms with Crippen LogP contribution in [0.15, 0.2) is 54.7 Å². The normalized spacial score (nSPS) is 10.4. The van der Waals surface area contributed by atoms with Gasteiger partial charge < -0.3 is 10.4 Å². The Kier molecular flexibility index (Phi) is 4.07. The average molecular weight is 322 g/mol. The molecule has 3 rings (SSSR count). The number of pyridine rings is 1. The molecule has 7 nitrogen and oxygen atoms in total. The summed E-state index contributed by atoms with van der Waals surface area (Å²) < 4.78 is 1.50. The fraction of sp³-hybridized carbons (Fsp3) is 0.0588. The Labute approximate surface area is 137 Å². The summed E-state index contributed by atoms with van der Waals surface area (Å²) in [7, 11) is 1.69. The molecular formula is C17H14N4O3. The topological polar surface area (TPSA) is 97.1 Å². The molecule has 0 radical (unpaired) electrons. The zero-order valence-corrected chi connectivity index (χ0v) is 12.8. The fourth-order valence-electron chi connectivity index (χ4n) is 2.22. The van der Waals surface area contributed by atoms with Crippen LogP contribution in [-0.2, 0) is 7.05 Å². The van der Waals surface area contributed by atoms with Crippen molar-refractivity contribution < 1.29 is 14.7 Å². The predicted octanol–water partition coefficient (Wildman–Crippen LogP) is 2.43. The Morgan fingerprint density at radius 2 is 1.88 bits per heavy atom. The van der Waals surface area contributed by atoms with Crippen molar-refractivity contribution in [2.24, 2.45) is 7.05 Å². The van der Waals surface area contributed by atoms with Crippen LogP contribution in [0.25, 0.3) is 11.3 Å². The van der Waals surface area contributed by atoms with E-state index in [1.54, 1.807) is 13.1 Å². The van der Waals surface area contributed by atoms with Gasteiger partial charge in [-0.1, -0.05) is 30.3 Å². The van der Waals surface area contributed by atoms with Crippen molar-refractivity contribution >= 4 is 17.6 Å². The highest BCUT2D eigenvalue weighted by atomic mass is 16.4. The minimum atomic E-state index is -1.12. The molecule has 2 N–H and O–H groups in total. The molecule has 1 amide bonds. The van der Waals surface area contributed by atoms with Crippen molar-refractivity contribution in [3.05, 3.63) is 66.1 Å². The Balaban J connectivity index is 1.80. The molecule has 0 unspecified atom stereocenters. The Morgan fingerprint density at radius 3 is 2.50 bits per heavy atom. The van der Waals surface area contributed by atoms with Gasteiger partial charge in [0.1, 0.15) is 11.4 Å². The number of aromatic nitrogens is 3. The van der Waals surface area contributed by atoms with Crippen LogP contribution in [0.2, 0.25) is 0 Å². The van der Waals surface area contributed by atoms with Crippen molar-refractivity contribution in [1.29, 1.82) is 0 Å². The largest absolute Gasteiger partial charge is 0.477 e. The first-order valence-corrected chi connectivity index (χ1v) is 7.15. The highest BCUT2D eigenvalue weighted by Crippen LogP contribution is 2.19. The van der Waals surface area contributed by atoms with Crippen LogP contribution in [0.1, 0.15) is 21.0 Å². The van der Waals surface area contributed by atoms with E-state index in [0.29, 0.717) is 17.1 Å². The molecule has 0 aliphatic heterocycles. The van der Waals surface area contributed by atoms with E-state index in [-0.39, 0.29) is 11.6 Å². The number of aryl methyl sites for hydroxylation is 1. The Hall–Kier alpha value is -3.48. The van der Waals surface area contributed by atoms with E-state index in [1.807, 2.05) is 30.3 Å². The minimum absolute atomic E-state index is 0.0834. The van der Waals surface area contributed by atoms with Gasteiger partial charge in [-0.25, -0.2) is 9.78 Å². The number of carbonyl (C=O) groups excluding carboxylic acids is 1. The van der Waals surface area contributed by atoms with Gasteiger partial charge in [0.25, 0.3) is 5.91 Å². The molecule has 3 aromatic rings. The number of aromatic carboxylic acids is 1. The summed E-state index contributed by atoms with van der Waals surface area (Å²) in [6.07, 6.45) is 1.30. The third-order valence-corrected chi connectivity index (χ3v) is 3.42. The second-order valence-electron chi connectivity index (χ2n) is 5.10. The first-order chi connectivity index (χ1) is 11.5. The van der Waals surface area contributed by atoms with Gasteiger partial charge >= 0.3 is 5.97 Å². The summed E-state index contributed by atoms with van der Waals surface area (Å²) in [4.78, 5) is 26.9. The van der Waals surface area contributed by atoms with Crippen LogP contribution in [0.3, 0.4) is 0 Å². The van der Waals surface area contributed by atoms with Crippen molar-refractivity contribution in [3.63, 3.8) is 0 Å². The molecule has 0 aliphatic rings. The minimum Gasteiger partial charge on any atom is -0.477 e. The van der Waals surface area contributed by atoms with Gasteiger partial charge in [0.15, 0.2) is 0 Å². The summed E-state index contributed by atoms with van der Waals surface area (Å²) in [5.74, 6) is -1.47. The lowest BCUT2D eigenvalue weighted by Crippen LogP contribution is -2.16. The lowest BCUT2D eigenvalue weighted by molar-refractivity contribution is 0.0690. The average Bonchev–Trinajstić information content (AvgIpc) is 2.98. The number of amides is 1. The fourth-order valence-corrected chi connectivity index (χ4v) is 2.22. The SMILES string of the molecule is Cn1nc(-c2ccccc2)cc1C(=O)Nc1ccc(C(=O)O)nc1. The van der Waals surface area contributed by atoms with Crippen molar-refractivity contribution in [2.75, 3.05) is 5.32 Å². The van der Waals surface area contributed by atoms with Gasteiger partial charge in [-0.2, -0.15) is 5.10 Å². The molecule has 0 spiro atoms. The molecule has 120 valence electrons. The molecule has 2 heterocycles. The van der Waals surface area contributed by atoms with Crippen molar-refractivity contribution in [2.45, 2.75) is 0 Å². The maximum absolute atomic E-state index is 12.4. The molecule has 0 saturated carbocycles. The smallest absolute Gasteiger partial charge is 0.354 e. The number of hydrogen-bond donors (Lipinski definition) is 2. The van der Waals surface area contributed by atoms with Gasteiger partial charge in [0, 0.05) is 12.6 Å². The lowest BCUT2D eigenvalue weighted by atomic mass is 10.1. The summed E-state index contributed by atoms with van der Waals surface area (Å²) in [6.45, 7) is 0. The van der Waals surface area contributed by atoms with Crippen LogP contribution in [0, 0.1) is 0 Å². The summed E-state index contributed by atoms with van der Waals surface area (Å²) in [6, 6.07) is 14.1. The Morgan fingerprint density at radius 1 is 1.12 bits per heavy atom. The van der Waals surface area contributed by atoms with Crippen LogP contribution in [0.4, 0.5) is 5.69 Å². The van der Waals surface area contributed by atoms with Crippen LogP contribution in [0.5, 0.6) is 0 Å². The maximum Gasteiger partial charge on any atom is 0.354 e. The van der Waals surface area contributed by atoms with Crippen LogP contribution < -0.4 is 5.32 Å². The molecule has 0 bridgehead atoms. The molecule has 0 aliphatic carbocycles. The number of hydrogen-bond acceptors (Lipinski definition) is 4. The van der Waals surface area contributed by atoms with Gasteiger partial charge in [-0.05, 0) is 18.2 Å². The molecule has 0 saturated heterocycles. The summed E-state index contributed by atoms with van der Waals surface area (Å²) in [5.41, 5.74) is 2.32. The third-order valence-electron chi connectivity index (χ3n) is 3.42. The van der Waals surface area contributed by atoms with Gasteiger partial charge in [0.05, 0.1) is 17.6 Å². The second-order valence-corrected chi connectivity index (χ2v) is 5.10. The molecular weight excluding hydrogens is 308 g/mol. The van der Waals surface area contributed by atoms with Gasteiger partial charge in [0.2, 0.25) is 0 Å². The van der Waals surface area contributed by atoms with Gasteiger partial charge in [-0.15, -0.1) is 0 Å². The van der Waals surface area contributed by atoms with E-state index in [1.165, 1.54) is 23.0 Å². The first-order valence-electron chi connectivity index (χ1n) is 7.15. The van der Waals surface area contributed by atoms with E-state index in [2.05, 4.69) is 15.4 Å². The highest BCUT2D eigenvalue weighted by Gasteiger charge is 2.15. The molecule has 0 fully saturated rings. The summed E-state index contributed by atoms with van der Waals surface area (Å²) >= 11 is 0. The molecule has 0 atom stereocenters. The third kappa shape index (κ3) is 3.14. The molecule has 1 aromatic carbocycles. The van der Waals surface area contributed by atoms with E-state index in [0.717, 1.165) is 5.56 Å². The summed E-state index contributed by atoms with van der Waals surface area (Å²) in [5, 5.41) is 15.8. The Bertz CT molecular complexity index is 886. The number of benzene rings is 1. The standard InChI is InChI=1S/C17H14N4O3/c1-21-15(9-14(20-21)11-5-3-2-4-6-11)16(22)19-12-7-8-13(17(23)24)18-10-12/h2-10H,1H3,(H,19,22)(H,23,24). The predicted molar refractivity (Wildman–Crippen MR) is 87.8 cm³/mol. The number of nitrogens with zero attached hydrogens (tertiary/aromatic N) is 3. The number of carboxylic acid groups (broad SMARTS) is 1. The molecule has 24 heavy (non-hydrogen) atoms. The van der Waals surface area contributed by atoms with E-state index >= 15 is 0 Å². The van der Waals surface area contributed by atoms with E-state index in [9.17, 15) is 9.59 Å². The number of carboxylic acids is 1. The van der Waals surface area contributed by atoms with Crippen LogP contribution >= 0.6 is 0 Å². The second kappa shape index (κ2) is 6.33. The quantitative estimate of drug-likeness (QED) is 0.769. The number of anilines is 1. The first kappa shape index (κ1) is 15.4. The lowest BCUT2D eigenvalue weighted by Gasteiger charge is -2.04. The monoisotopic (exact) mass is 322 g/mol. The van der Waals surface area contributed by atoms with E-state index in [4.69, 9.17) is 5.11 Å². The van der Waals surface area contributed by atoms with Gasteiger partial charge in [-0.3, -0.25) is 9.48 Å². The van der Waals surface area contributed by atoms with Crippen molar-refractivity contribution in [1.82, 2.24) is 14.8 Å².